The lowest BCUT2D eigenvalue weighted by molar-refractivity contribution is -0.154. The third-order valence-corrected chi connectivity index (χ3v) is 4.97. The molecule has 2 rings (SSSR count). The summed E-state index contributed by atoms with van der Waals surface area (Å²) in [4.78, 5) is 35.8. The molecule has 0 saturated carbocycles. The molecule has 0 spiro atoms. The molecule has 7 heteroatoms. The topological polar surface area (TPSA) is 83.9 Å². The van der Waals surface area contributed by atoms with Gasteiger partial charge in [0.25, 0.3) is 0 Å². The lowest BCUT2D eigenvalue weighted by Crippen LogP contribution is -2.60. The SMILES string of the molecule is C=CCOC(=O)c1ccc(CSC2CN(C(C)C(=O)O)C2=O)cc1. The first kappa shape index (κ1) is 18.1. The molecule has 1 aromatic carbocycles. The van der Waals surface area contributed by atoms with Crippen LogP contribution in [0.1, 0.15) is 22.8 Å². The third kappa shape index (κ3) is 4.17. The maximum atomic E-state index is 11.9. The van der Waals surface area contributed by atoms with Crippen LogP contribution in [0.15, 0.2) is 36.9 Å². The molecule has 128 valence electrons. The molecule has 0 radical (unpaired) electrons. The quantitative estimate of drug-likeness (QED) is 0.439. The van der Waals surface area contributed by atoms with E-state index in [0.29, 0.717) is 17.9 Å². The molecule has 0 aliphatic carbocycles. The number of carboxylic acids is 1. The molecule has 2 unspecified atom stereocenters. The molecule has 1 heterocycles. The highest BCUT2D eigenvalue weighted by molar-refractivity contribution is 8.00. The van der Waals surface area contributed by atoms with Crippen LogP contribution in [0.3, 0.4) is 0 Å². The van der Waals surface area contributed by atoms with Crippen LogP contribution in [-0.4, -0.2) is 52.3 Å². The van der Waals surface area contributed by atoms with Crippen LogP contribution in [0.2, 0.25) is 0 Å². The Morgan fingerprint density at radius 1 is 1.46 bits per heavy atom. The number of aliphatic carboxylic acids is 1. The molecule has 1 aromatic rings. The summed E-state index contributed by atoms with van der Waals surface area (Å²) in [6.45, 7) is 5.61. The van der Waals surface area contributed by atoms with E-state index in [-0.39, 0.29) is 17.8 Å². The Morgan fingerprint density at radius 2 is 2.12 bits per heavy atom. The van der Waals surface area contributed by atoms with Gasteiger partial charge in [-0.05, 0) is 24.6 Å². The Morgan fingerprint density at radius 3 is 2.67 bits per heavy atom. The van der Waals surface area contributed by atoms with Gasteiger partial charge in [-0.3, -0.25) is 4.79 Å². The number of rotatable bonds is 8. The summed E-state index contributed by atoms with van der Waals surface area (Å²) < 4.78 is 4.95. The molecule has 1 amide bonds. The van der Waals surface area contributed by atoms with Crippen molar-refractivity contribution < 1.29 is 24.2 Å². The van der Waals surface area contributed by atoms with Gasteiger partial charge in [0.2, 0.25) is 5.91 Å². The maximum absolute atomic E-state index is 11.9. The van der Waals surface area contributed by atoms with Crippen molar-refractivity contribution in [1.82, 2.24) is 4.90 Å². The Bertz CT molecular complexity index is 643. The van der Waals surface area contributed by atoms with Gasteiger partial charge in [0, 0.05) is 12.3 Å². The first-order valence-corrected chi connectivity index (χ1v) is 8.50. The summed E-state index contributed by atoms with van der Waals surface area (Å²) in [5.74, 6) is -0.917. The smallest absolute Gasteiger partial charge is 0.338 e. The number of ether oxygens (including phenoxy) is 1. The average Bonchev–Trinajstić information content (AvgIpc) is 2.58. The largest absolute Gasteiger partial charge is 0.480 e. The Hall–Kier alpha value is -2.28. The molecule has 24 heavy (non-hydrogen) atoms. The van der Waals surface area contributed by atoms with Gasteiger partial charge in [-0.25, -0.2) is 9.59 Å². The van der Waals surface area contributed by atoms with Crippen molar-refractivity contribution in [3.8, 4) is 0 Å². The monoisotopic (exact) mass is 349 g/mol. The van der Waals surface area contributed by atoms with Crippen molar-refractivity contribution >= 4 is 29.6 Å². The predicted molar refractivity (Wildman–Crippen MR) is 90.8 cm³/mol. The van der Waals surface area contributed by atoms with E-state index in [1.807, 2.05) is 12.1 Å². The van der Waals surface area contributed by atoms with Crippen LogP contribution >= 0.6 is 11.8 Å². The van der Waals surface area contributed by atoms with E-state index in [2.05, 4.69) is 6.58 Å². The number of hydrogen-bond acceptors (Lipinski definition) is 5. The van der Waals surface area contributed by atoms with Gasteiger partial charge in [0.15, 0.2) is 0 Å². The highest BCUT2D eigenvalue weighted by atomic mass is 32.2. The lowest BCUT2D eigenvalue weighted by atomic mass is 10.1. The number of nitrogens with zero attached hydrogens (tertiary/aromatic N) is 1. The minimum Gasteiger partial charge on any atom is -0.480 e. The van der Waals surface area contributed by atoms with Gasteiger partial charge in [0.1, 0.15) is 17.9 Å². The second kappa shape index (κ2) is 8.01. The summed E-state index contributed by atoms with van der Waals surface area (Å²) in [5, 5.41) is 8.71. The summed E-state index contributed by atoms with van der Waals surface area (Å²) in [5.41, 5.74) is 1.45. The number of thioether (sulfide) groups is 1. The van der Waals surface area contributed by atoms with Crippen molar-refractivity contribution in [2.75, 3.05) is 13.2 Å². The van der Waals surface area contributed by atoms with Gasteiger partial charge in [-0.15, -0.1) is 11.8 Å². The molecule has 2 atom stereocenters. The third-order valence-electron chi connectivity index (χ3n) is 3.72. The summed E-state index contributed by atoms with van der Waals surface area (Å²) >= 11 is 1.47. The Labute approximate surface area is 144 Å². The van der Waals surface area contributed by atoms with Crippen molar-refractivity contribution in [3.05, 3.63) is 48.0 Å². The van der Waals surface area contributed by atoms with Gasteiger partial charge in [-0.1, -0.05) is 24.8 Å². The molecule has 0 aromatic heterocycles. The van der Waals surface area contributed by atoms with Gasteiger partial charge in [-0.2, -0.15) is 0 Å². The molecule has 1 aliphatic heterocycles. The summed E-state index contributed by atoms with van der Waals surface area (Å²) in [7, 11) is 0. The molecule has 1 fully saturated rings. The fraction of sp³-hybridized carbons (Fsp3) is 0.353. The number of amides is 1. The molecular weight excluding hydrogens is 330 g/mol. The van der Waals surface area contributed by atoms with Crippen molar-refractivity contribution in [3.63, 3.8) is 0 Å². The summed E-state index contributed by atoms with van der Waals surface area (Å²) in [6, 6.07) is 6.22. The molecule has 1 saturated heterocycles. The number of carboxylic acid groups (broad SMARTS) is 1. The normalized spacial score (nSPS) is 17.8. The average molecular weight is 349 g/mol. The molecule has 1 N–H and O–H groups in total. The second-order valence-electron chi connectivity index (χ2n) is 5.39. The van der Waals surface area contributed by atoms with E-state index < -0.39 is 18.0 Å². The second-order valence-corrected chi connectivity index (χ2v) is 6.58. The fourth-order valence-corrected chi connectivity index (χ4v) is 3.31. The minimum absolute atomic E-state index is 0.139. The van der Waals surface area contributed by atoms with Crippen LogP contribution in [0.4, 0.5) is 0 Å². The number of carbonyl (C=O) groups is 3. The van der Waals surface area contributed by atoms with Crippen molar-refractivity contribution in [2.45, 2.75) is 24.0 Å². The van der Waals surface area contributed by atoms with Crippen LogP contribution in [0, 0.1) is 0 Å². The zero-order valence-corrected chi connectivity index (χ0v) is 14.1. The van der Waals surface area contributed by atoms with Crippen molar-refractivity contribution in [1.29, 1.82) is 0 Å². The highest BCUT2D eigenvalue weighted by Crippen LogP contribution is 2.28. The molecule has 6 nitrogen and oxygen atoms in total. The Kier molecular flexibility index (Phi) is 6.03. The number of esters is 1. The fourth-order valence-electron chi connectivity index (χ4n) is 2.18. The van der Waals surface area contributed by atoms with Crippen LogP contribution in [0.5, 0.6) is 0 Å². The first-order valence-electron chi connectivity index (χ1n) is 7.46. The van der Waals surface area contributed by atoms with Crippen LogP contribution in [0.25, 0.3) is 0 Å². The molecule has 0 bridgehead atoms. The highest BCUT2D eigenvalue weighted by Gasteiger charge is 2.41. The Balaban J connectivity index is 1.81. The van der Waals surface area contributed by atoms with Gasteiger partial charge in [0.05, 0.1) is 5.56 Å². The van der Waals surface area contributed by atoms with E-state index in [1.54, 1.807) is 12.1 Å². The molecule has 1 aliphatic rings. The molecular formula is C17H19NO5S. The first-order chi connectivity index (χ1) is 11.4. The minimum atomic E-state index is -0.995. The number of likely N-dealkylation sites (tertiary alicyclic amines) is 1. The standard InChI is InChI=1S/C17H19NO5S/c1-3-8-23-17(22)13-6-4-12(5-7-13)10-24-14-9-18(15(14)19)11(2)16(20)21/h3-7,11,14H,1,8-10H2,2H3,(H,20,21). The maximum Gasteiger partial charge on any atom is 0.338 e. The van der Waals surface area contributed by atoms with E-state index in [0.717, 1.165) is 5.56 Å². The van der Waals surface area contributed by atoms with E-state index >= 15 is 0 Å². The number of benzene rings is 1. The zero-order valence-electron chi connectivity index (χ0n) is 13.3. The number of hydrogen-bond donors (Lipinski definition) is 1. The van der Waals surface area contributed by atoms with Crippen LogP contribution in [-0.2, 0) is 20.1 Å². The van der Waals surface area contributed by atoms with Gasteiger partial charge >= 0.3 is 11.9 Å². The van der Waals surface area contributed by atoms with Crippen LogP contribution < -0.4 is 0 Å². The predicted octanol–water partition coefficient (Wildman–Crippen LogP) is 1.95. The van der Waals surface area contributed by atoms with Gasteiger partial charge < -0.3 is 14.7 Å². The number of carbonyl (C=O) groups excluding carboxylic acids is 2. The lowest BCUT2D eigenvalue weighted by Gasteiger charge is -2.40. The zero-order chi connectivity index (χ0) is 17.7. The number of β-lactam (4-membered cyclic amide) rings is 1. The van der Waals surface area contributed by atoms with Crippen molar-refractivity contribution in [2.24, 2.45) is 0 Å². The van der Waals surface area contributed by atoms with E-state index in [4.69, 9.17) is 9.84 Å². The van der Waals surface area contributed by atoms with E-state index in [9.17, 15) is 14.4 Å². The summed E-state index contributed by atoms with van der Waals surface area (Å²) in [6.07, 6.45) is 1.51. The van der Waals surface area contributed by atoms with E-state index in [1.165, 1.54) is 29.7 Å².